The molecule has 1 heterocycles. The van der Waals surface area contributed by atoms with Gasteiger partial charge in [0.05, 0.1) is 18.3 Å². The average Bonchev–Trinajstić information content (AvgIpc) is 2.75. The van der Waals surface area contributed by atoms with E-state index in [1.165, 1.54) is 6.08 Å². The van der Waals surface area contributed by atoms with Crippen LogP contribution in [0.25, 0.3) is 5.57 Å². The standard InChI is InChI=1S/C13H14N2O4/c16-7-8(17)6-14-11-4-2-1-3-9(11)10-5-12(18)15-13(10)19/h1-5,8,14,16-17H,6-7H2,(H,15,18,19). The molecule has 1 aromatic rings. The van der Waals surface area contributed by atoms with Crippen molar-refractivity contribution in [1.29, 1.82) is 0 Å². The van der Waals surface area contributed by atoms with Crippen LogP contribution in [-0.4, -0.2) is 41.3 Å². The molecule has 0 bridgehead atoms. The zero-order chi connectivity index (χ0) is 13.8. The quantitative estimate of drug-likeness (QED) is 0.536. The number of carbonyl (C=O) groups excluding carboxylic acids is 2. The van der Waals surface area contributed by atoms with E-state index < -0.39 is 17.9 Å². The first-order valence-electron chi connectivity index (χ1n) is 5.81. The largest absolute Gasteiger partial charge is 0.394 e. The van der Waals surface area contributed by atoms with Crippen molar-refractivity contribution < 1.29 is 19.8 Å². The Kier molecular flexibility index (Phi) is 3.94. The smallest absolute Gasteiger partial charge is 0.258 e. The van der Waals surface area contributed by atoms with Crippen molar-refractivity contribution >= 4 is 23.1 Å². The number of rotatable bonds is 5. The van der Waals surface area contributed by atoms with Gasteiger partial charge in [-0.2, -0.15) is 0 Å². The molecule has 0 saturated heterocycles. The zero-order valence-electron chi connectivity index (χ0n) is 10.1. The SMILES string of the molecule is O=C1C=C(c2ccccc2NCC(O)CO)C(=O)N1. The molecule has 0 fully saturated rings. The molecule has 1 atom stereocenters. The Bertz CT molecular complexity index is 539. The molecule has 2 rings (SSSR count). The van der Waals surface area contributed by atoms with Crippen molar-refractivity contribution in [2.45, 2.75) is 6.10 Å². The van der Waals surface area contributed by atoms with Gasteiger partial charge in [0.15, 0.2) is 0 Å². The second-order valence-corrected chi connectivity index (χ2v) is 4.14. The third-order valence-corrected chi connectivity index (χ3v) is 2.71. The molecule has 100 valence electrons. The van der Waals surface area contributed by atoms with Gasteiger partial charge in [-0.1, -0.05) is 18.2 Å². The van der Waals surface area contributed by atoms with Gasteiger partial charge in [-0.25, -0.2) is 0 Å². The number of benzene rings is 1. The summed E-state index contributed by atoms with van der Waals surface area (Å²) in [7, 11) is 0. The van der Waals surface area contributed by atoms with E-state index in [2.05, 4.69) is 10.6 Å². The van der Waals surface area contributed by atoms with Crippen LogP contribution in [0.4, 0.5) is 5.69 Å². The van der Waals surface area contributed by atoms with E-state index in [0.717, 1.165) is 0 Å². The number of hydrogen-bond donors (Lipinski definition) is 4. The first kappa shape index (κ1) is 13.3. The number of anilines is 1. The Morgan fingerprint density at radius 2 is 2.00 bits per heavy atom. The summed E-state index contributed by atoms with van der Waals surface area (Å²) in [6, 6.07) is 6.96. The minimum Gasteiger partial charge on any atom is -0.394 e. The fraction of sp³-hybridized carbons (Fsp3) is 0.231. The molecule has 19 heavy (non-hydrogen) atoms. The van der Waals surface area contributed by atoms with Crippen LogP contribution in [-0.2, 0) is 9.59 Å². The highest BCUT2D eigenvalue weighted by molar-refractivity contribution is 6.34. The van der Waals surface area contributed by atoms with Crippen molar-refractivity contribution in [3.05, 3.63) is 35.9 Å². The molecule has 0 aliphatic carbocycles. The topological polar surface area (TPSA) is 98.7 Å². The second kappa shape index (κ2) is 5.64. The monoisotopic (exact) mass is 262 g/mol. The van der Waals surface area contributed by atoms with Crippen molar-refractivity contribution in [2.75, 3.05) is 18.5 Å². The molecule has 6 heteroatoms. The summed E-state index contributed by atoms with van der Waals surface area (Å²) in [6.07, 6.45) is 0.353. The van der Waals surface area contributed by atoms with Crippen molar-refractivity contribution in [3.8, 4) is 0 Å². The summed E-state index contributed by atoms with van der Waals surface area (Å²) < 4.78 is 0. The number of amides is 2. The molecule has 1 aromatic carbocycles. The number of aliphatic hydroxyl groups is 2. The highest BCUT2D eigenvalue weighted by Gasteiger charge is 2.23. The lowest BCUT2D eigenvalue weighted by Gasteiger charge is -2.14. The van der Waals surface area contributed by atoms with Crippen LogP contribution in [0.2, 0.25) is 0 Å². The number of nitrogens with one attached hydrogen (secondary N) is 2. The second-order valence-electron chi connectivity index (χ2n) is 4.14. The molecule has 1 aliphatic heterocycles. The van der Waals surface area contributed by atoms with E-state index in [0.29, 0.717) is 11.3 Å². The molecular weight excluding hydrogens is 248 g/mol. The first-order valence-corrected chi connectivity index (χ1v) is 5.81. The molecule has 0 radical (unpaired) electrons. The van der Waals surface area contributed by atoms with Crippen molar-refractivity contribution in [1.82, 2.24) is 5.32 Å². The minimum absolute atomic E-state index is 0.149. The molecule has 4 N–H and O–H groups in total. The van der Waals surface area contributed by atoms with E-state index in [9.17, 15) is 14.7 Å². The fourth-order valence-electron chi connectivity index (χ4n) is 1.78. The highest BCUT2D eigenvalue weighted by atomic mass is 16.3. The summed E-state index contributed by atoms with van der Waals surface area (Å²) in [6.45, 7) is -0.201. The summed E-state index contributed by atoms with van der Waals surface area (Å²) in [5.74, 6) is -0.882. The van der Waals surface area contributed by atoms with E-state index >= 15 is 0 Å². The van der Waals surface area contributed by atoms with E-state index in [1.807, 2.05) is 0 Å². The van der Waals surface area contributed by atoms with Crippen LogP contribution in [0.5, 0.6) is 0 Å². The lowest BCUT2D eigenvalue weighted by molar-refractivity contribution is -0.123. The Balaban J connectivity index is 2.24. The molecule has 1 unspecified atom stereocenters. The van der Waals surface area contributed by atoms with Crippen molar-refractivity contribution in [2.24, 2.45) is 0 Å². The van der Waals surface area contributed by atoms with Gasteiger partial charge in [0.1, 0.15) is 0 Å². The average molecular weight is 262 g/mol. The van der Waals surface area contributed by atoms with Gasteiger partial charge in [-0.05, 0) is 6.07 Å². The number of para-hydroxylation sites is 1. The van der Waals surface area contributed by atoms with Crippen LogP contribution >= 0.6 is 0 Å². The predicted octanol–water partition coefficient (Wildman–Crippen LogP) is -0.509. The normalized spacial score (nSPS) is 16.0. The summed E-state index contributed by atoms with van der Waals surface area (Å²) in [4.78, 5) is 22.8. The number of hydrogen-bond acceptors (Lipinski definition) is 5. The highest BCUT2D eigenvalue weighted by Crippen LogP contribution is 2.25. The summed E-state index contributed by atoms with van der Waals surface area (Å²) in [5, 5.41) is 23.2. The van der Waals surface area contributed by atoms with E-state index in [1.54, 1.807) is 24.3 Å². The molecule has 0 spiro atoms. The van der Waals surface area contributed by atoms with Crippen LogP contribution in [0.1, 0.15) is 5.56 Å². The molecular formula is C13H14N2O4. The van der Waals surface area contributed by atoms with Gasteiger partial charge in [0.2, 0.25) is 0 Å². The molecule has 0 saturated carbocycles. The van der Waals surface area contributed by atoms with Crippen LogP contribution in [0, 0.1) is 0 Å². The van der Waals surface area contributed by atoms with Gasteiger partial charge in [0.25, 0.3) is 11.8 Å². The van der Waals surface area contributed by atoms with E-state index in [4.69, 9.17) is 5.11 Å². The fourth-order valence-corrected chi connectivity index (χ4v) is 1.78. The first-order chi connectivity index (χ1) is 9.11. The van der Waals surface area contributed by atoms with Gasteiger partial charge in [-0.3, -0.25) is 14.9 Å². The summed E-state index contributed by atoms with van der Waals surface area (Å²) >= 11 is 0. The Hall–Kier alpha value is -2.18. The van der Waals surface area contributed by atoms with E-state index in [-0.39, 0.29) is 18.7 Å². The zero-order valence-corrected chi connectivity index (χ0v) is 10.1. The maximum Gasteiger partial charge on any atom is 0.258 e. The third kappa shape index (κ3) is 2.98. The summed E-state index contributed by atoms with van der Waals surface area (Å²) in [5.41, 5.74) is 1.48. The minimum atomic E-state index is -0.888. The molecule has 6 nitrogen and oxygen atoms in total. The Morgan fingerprint density at radius 1 is 1.26 bits per heavy atom. The predicted molar refractivity (Wildman–Crippen MR) is 69.2 cm³/mol. The number of aliphatic hydroxyl groups excluding tert-OH is 2. The lowest BCUT2D eigenvalue weighted by Crippen LogP contribution is -2.24. The van der Waals surface area contributed by atoms with Crippen LogP contribution < -0.4 is 10.6 Å². The van der Waals surface area contributed by atoms with Gasteiger partial charge in [0, 0.05) is 23.9 Å². The van der Waals surface area contributed by atoms with Crippen LogP contribution in [0.15, 0.2) is 30.3 Å². The van der Waals surface area contributed by atoms with Gasteiger partial charge in [-0.15, -0.1) is 0 Å². The Labute approximate surface area is 109 Å². The molecule has 2 amide bonds. The van der Waals surface area contributed by atoms with Crippen LogP contribution in [0.3, 0.4) is 0 Å². The third-order valence-electron chi connectivity index (χ3n) is 2.71. The number of carbonyl (C=O) groups is 2. The maximum absolute atomic E-state index is 11.6. The van der Waals surface area contributed by atoms with Gasteiger partial charge < -0.3 is 15.5 Å². The molecule has 0 aromatic heterocycles. The van der Waals surface area contributed by atoms with Crippen molar-refractivity contribution in [3.63, 3.8) is 0 Å². The molecule has 1 aliphatic rings. The van der Waals surface area contributed by atoms with Gasteiger partial charge >= 0.3 is 0 Å². The maximum atomic E-state index is 11.6. The lowest BCUT2D eigenvalue weighted by atomic mass is 10.0. The number of imide groups is 1. The Morgan fingerprint density at radius 3 is 2.63 bits per heavy atom.